The number of methoxy groups -OCH3 is 1. The molecule has 0 fully saturated rings. The van der Waals surface area contributed by atoms with Gasteiger partial charge in [-0.1, -0.05) is 12.1 Å². The third-order valence-corrected chi connectivity index (χ3v) is 2.99. The van der Waals surface area contributed by atoms with Gasteiger partial charge < -0.3 is 20.3 Å². The Hall–Kier alpha value is -1.75. The molecule has 0 heterocycles. The van der Waals surface area contributed by atoms with Crippen molar-refractivity contribution in [2.75, 3.05) is 39.3 Å². The first-order valence-electron chi connectivity index (χ1n) is 7.36. The van der Waals surface area contributed by atoms with Gasteiger partial charge >= 0.3 is 0 Å². The van der Waals surface area contributed by atoms with Gasteiger partial charge in [0.05, 0.1) is 13.2 Å². The summed E-state index contributed by atoms with van der Waals surface area (Å²) < 4.78 is 5.14. The summed E-state index contributed by atoms with van der Waals surface area (Å²) in [5.74, 6) is 0.817. The number of hydrogen-bond donors (Lipinski definition) is 2. The Bertz CT molecular complexity index is 446. The van der Waals surface area contributed by atoms with Crippen molar-refractivity contribution in [3.8, 4) is 0 Å². The minimum Gasteiger partial charge on any atom is -0.383 e. The molecule has 0 radical (unpaired) electrons. The van der Waals surface area contributed by atoms with Crippen molar-refractivity contribution in [2.45, 2.75) is 26.4 Å². The van der Waals surface area contributed by atoms with E-state index in [2.05, 4.69) is 58.6 Å². The summed E-state index contributed by atoms with van der Waals surface area (Å²) in [5.41, 5.74) is 2.38. The summed E-state index contributed by atoms with van der Waals surface area (Å²) in [6, 6.07) is 8.64. The summed E-state index contributed by atoms with van der Waals surface area (Å²) in [6.07, 6.45) is 0. The largest absolute Gasteiger partial charge is 0.383 e. The quantitative estimate of drug-likeness (QED) is 0.595. The van der Waals surface area contributed by atoms with E-state index >= 15 is 0 Å². The van der Waals surface area contributed by atoms with Crippen LogP contribution in [0.15, 0.2) is 29.3 Å². The predicted molar refractivity (Wildman–Crippen MR) is 90.1 cm³/mol. The highest BCUT2D eigenvalue weighted by Gasteiger charge is 2.04. The lowest BCUT2D eigenvalue weighted by molar-refractivity contribution is 0.179. The fraction of sp³-hybridized carbons (Fsp3) is 0.562. The van der Waals surface area contributed by atoms with Gasteiger partial charge in [0.25, 0.3) is 0 Å². The van der Waals surface area contributed by atoms with Gasteiger partial charge in [0.15, 0.2) is 5.96 Å². The van der Waals surface area contributed by atoms with Crippen LogP contribution in [0.5, 0.6) is 0 Å². The Morgan fingerprint density at radius 3 is 2.76 bits per heavy atom. The van der Waals surface area contributed by atoms with E-state index in [1.165, 1.54) is 11.3 Å². The Morgan fingerprint density at radius 2 is 2.14 bits per heavy atom. The Kier molecular flexibility index (Phi) is 7.61. The van der Waals surface area contributed by atoms with Crippen LogP contribution in [0.1, 0.15) is 19.4 Å². The van der Waals surface area contributed by atoms with Crippen molar-refractivity contribution >= 4 is 11.6 Å². The summed E-state index contributed by atoms with van der Waals surface area (Å²) in [4.78, 5) is 6.72. The predicted octanol–water partition coefficient (Wildman–Crippen LogP) is 1.84. The van der Waals surface area contributed by atoms with Crippen LogP contribution < -0.4 is 15.5 Å². The van der Waals surface area contributed by atoms with Crippen molar-refractivity contribution in [1.82, 2.24) is 10.6 Å². The maximum atomic E-state index is 5.14. The SMILES string of the molecule is CCNC(=NCc1cccc(N(C)C)c1)NC(C)COC. The number of benzene rings is 1. The molecule has 0 saturated carbocycles. The molecule has 0 saturated heterocycles. The van der Waals surface area contributed by atoms with Crippen LogP contribution >= 0.6 is 0 Å². The van der Waals surface area contributed by atoms with E-state index in [0.29, 0.717) is 13.2 Å². The Labute approximate surface area is 128 Å². The van der Waals surface area contributed by atoms with Gasteiger partial charge in [0, 0.05) is 39.5 Å². The molecule has 0 aliphatic rings. The van der Waals surface area contributed by atoms with Gasteiger partial charge in [-0.2, -0.15) is 0 Å². The minimum absolute atomic E-state index is 0.223. The zero-order chi connectivity index (χ0) is 15.7. The second-order valence-electron chi connectivity index (χ2n) is 5.26. The van der Waals surface area contributed by atoms with Crippen molar-refractivity contribution in [3.63, 3.8) is 0 Å². The molecule has 0 aromatic heterocycles. The molecule has 1 unspecified atom stereocenters. The molecule has 0 spiro atoms. The fourth-order valence-electron chi connectivity index (χ4n) is 1.95. The summed E-state index contributed by atoms with van der Waals surface area (Å²) in [6.45, 7) is 6.27. The van der Waals surface area contributed by atoms with Crippen LogP contribution in [0.2, 0.25) is 0 Å². The van der Waals surface area contributed by atoms with Gasteiger partial charge in [0.2, 0.25) is 0 Å². The van der Waals surface area contributed by atoms with E-state index in [1.807, 2.05) is 14.1 Å². The highest BCUT2D eigenvalue weighted by molar-refractivity contribution is 5.80. The molecular weight excluding hydrogens is 264 g/mol. The molecule has 1 atom stereocenters. The number of nitrogens with zero attached hydrogens (tertiary/aromatic N) is 2. The molecule has 118 valence electrons. The molecule has 5 nitrogen and oxygen atoms in total. The van der Waals surface area contributed by atoms with Gasteiger partial charge in [0.1, 0.15) is 0 Å². The van der Waals surface area contributed by atoms with Gasteiger partial charge in [-0.25, -0.2) is 4.99 Å². The molecule has 5 heteroatoms. The van der Waals surface area contributed by atoms with E-state index < -0.39 is 0 Å². The van der Waals surface area contributed by atoms with Crippen LogP contribution in [0.3, 0.4) is 0 Å². The summed E-state index contributed by atoms with van der Waals surface area (Å²) >= 11 is 0. The summed E-state index contributed by atoms with van der Waals surface area (Å²) in [5, 5.41) is 6.58. The standard InChI is InChI=1S/C16H28N4O/c1-6-17-16(19-13(2)12-21-5)18-11-14-8-7-9-15(10-14)20(3)4/h7-10,13H,6,11-12H2,1-5H3,(H2,17,18,19). The van der Waals surface area contributed by atoms with E-state index in [-0.39, 0.29) is 6.04 Å². The summed E-state index contributed by atoms with van der Waals surface area (Å²) in [7, 11) is 5.79. The highest BCUT2D eigenvalue weighted by atomic mass is 16.5. The number of hydrogen-bond acceptors (Lipinski definition) is 3. The van der Waals surface area contributed by atoms with Crippen LogP contribution in [0.4, 0.5) is 5.69 Å². The maximum Gasteiger partial charge on any atom is 0.191 e. The van der Waals surface area contributed by atoms with E-state index in [4.69, 9.17) is 4.74 Å². The van der Waals surface area contributed by atoms with Crippen LogP contribution in [0.25, 0.3) is 0 Å². The van der Waals surface area contributed by atoms with E-state index in [9.17, 15) is 0 Å². The first kappa shape index (κ1) is 17.3. The number of ether oxygens (including phenoxy) is 1. The molecule has 0 aliphatic heterocycles. The fourth-order valence-corrected chi connectivity index (χ4v) is 1.95. The zero-order valence-electron chi connectivity index (χ0n) is 13.8. The topological polar surface area (TPSA) is 48.9 Å². The smallest absolute Gasteiger partial charge is 0.191 e. The number of nitrogens with one attached hydrogen (secondary N) is 2. The van der Waals surface area contributed by atoms with Crippen LogP contribution in [0, 0.1) is 0 Å². The number of guanidine groups is 1. The molecule has 21 heavy (non-hydrogen) atoms. The number of anilines is 1. The molecule has 1 rings (SSSR count). The first-order chi connectivity index (χ1) is 10.1. The zero-order valence-corrected chi connectivity index (χ0v) is 13.8. The number of rotatable bonds is 7. The third kappa shape index (κ3) is 6.49. The molecule has 0 bridgehead atoms. The molecule has 2 N–H and O–H groups in total. The molecule has 0 aliphatic carbocycles. The molecule has 0 amide bonds. The highest BCUT2D eigenvalue weighted by Crippen LogP contribution is 2.13. The van der Waals surface area contributed by atoms with Crippen molar-refractivity contribution < 1.29 is 4.74 Å². The van der Waals surface area contributed by atoms with Gasteiger partial charge in [-0.3, -0.25) is 0 Å². The minimum atomic E-state index is 0.223. The van der Waals surface area contributed by atoms with Gasteiger partial charge in [-0.05, 0) is 31.5 Å². The monoisotopic (exact) mass is 292 g/mol. The van der Waals surface area contributed by atoms with Crippen LogP contribution in [-0.2, 0) is 11.3 Å². The second-order valence-corrected chi connectivity index (χ2v) is 5.26. The lowest BCUT2D eigenvalue weighted by Gasteiger charge is -2.17. The number of aliphatic imine (C=N–C) groups is 1. The molecule has 1 aromatic rings. The van der Waals surface area contributed by atoms with E-state index in [1.54, 1.807) is 7.11 Å². The van der Waals surface area contributed by atoms with Crippen LogP contribution in [-0.4, -0.2) is 46.4 Å². The lowest BCUT2D eigenvalue weighted by atomic mass is 10.2. The second kappa shape index (κ2) is 9.23. The van der Waals surface area contributed by atoms with Crippen molar-refractivity contribution in [2.24, 2.45) is 4.99 Å². The van der Waals surface area contributed by atoms with Crippen molar-refractivity contribution in [3.05, 3.63) is 29.8 Å². The Morgan fingerprint density at radius 1 is 1.38 bits per heavy atom. The first-order valence-corrected chi connectivity index (χ1v) is 7.36. The average Bonchev–Trinajstić information content (AvgIpc) is 2.45. The lowest BCUT2D eigenvalue weighted by Crippen LogP contribution is -2.43. The molecular formula is C16H28N4O. The normalized spacial score (nSPS) is 12.9. The third-order valence-electron chi connectivity index (χ3n) is 2.99. The van der Waals surface area contributed by atoms with Crippen molar-refractivity contribution in [1.29, 1.82) is 0 Å². The molecule has 1 aromatic carbocycles. The van der Waals surface area contributed by atoms with Gasteiger partial charge in [-0.15, -0.1) is 0 Å². The average molecular weight is 292 g/mol. The van der Waals surface area contributed by atoms with E-state index in [0.717, 1.165) is 12.5 Å². The maximum absolute atomic E-state index is 5.14. The Balaban J connectivity index is 2.70.